The number of H-pyrrole nitrogens is 1. The molecule has 182 valence electrons. The van der Waals surface area contributed by atoms with Crippen molar-refractivity contribution >= 4 is 35.0 Å². The molecule has 1 aliphatic heterocycles. The van der Waals surface area contributed by atoms with Gasteiger partial charge in [-0.05, 0) is 51.5 Å². The van der Waals surface area contributed by atoms with E-state index in [0.29, 0.717) is 51.6 Å². The molecule has 2 fully saturated rings. The number of hydrogen-bond donors (Lipinski definition) is 2. The molecule has 4 rings (SSSR count). The minimum absolute atomic E-state index is 0.00875. The van der Waals surface area contributed by atoms with Gasteiger partial charge in [-0.25, -0.2) is 13.8 Å². The van der Waals surface area contributed by atoms with Crippen LogP contribution in [0.5, 0.6) is 0 Å². The van der Waals surface area contributed by atoms with Crippen molar-refractivity contribution in [2.75, 3.05) is 18.0 Å². The summed E-state index contributed by atoms with van der Waals surface area (Å²) in [5.74, 6) is -3.41. The number of nitrogens with two attached hydrogens (primary N) is 1. The summed E-state index contributed by atoms with van der Waals surface area (Å²) >= 11 is 6.14. The SMILES string of the molecule is CCN(C(=O)c1[nH]cnc1C(N)=O)C1CCC2(CCCN(c3cc(F)c(F)cc3Cl)C2=O)CC1. The molecule has 1 aromatic carbocycles. The Bertz CT molecular complexity index is 1130. The number of carbonyl (C=O) groups is 3. The number of anilines is 1. The van der Waals surface area contributed by atoms with Gasteiger partial charge in [0.25, 0.3) is 11.8 Å². The van der Waals surface area contributed by atoms with Gasteiger partial charge in [0.05, 0.1) is 17.0 Å². The Morgan fingerprint density at radius 3 is 2.59 bits per heavy atom. The molecule has 1 aliphatic carbocycles. The van der Waals surface area contributed by atoms with E-state index in [0.717, 1.165) is 12.1 Å². The molecule has 2 aliphatic rings. The van der Waals surface area contributed by atoms with E-state index >= 15 is 0 Å². The number of nitrogens with one attached hydrogen (secondary N) is 1. The van der Waals surface area contributed by atoms with Crippen LogP contribution >= 0.6 is 11.6 Å². The fourth-order valence-electron chi connectivity index (χ4n) is 5.31. The fourth-order valence-corrected chi connectivity index (χ4v) is 5.56. The molecule has 3 N–H and O–H groups in total. The summed E-state index contributed by atoms with van der Waals surface area (Å²) < 4.78 is 27.4. The zero-order valence-corrected chi connectivity index (χ0v) is 19.5. The van der Waals surface area contributed by atoms with Gasteiger partial charge < -0.3 is 20.5 Å². The van der Waals surface area contributed by atoms with Crippen molar-refractivity contribution in [3.05, 3.63) is 46.5 Å². The maximum Gasteiger partial charge on any atom is 0.273 e. The van der Waals surface area contributed by atoms with Crippen molar-refractivity contribution in [1.82, 2.24) is 14.9 Å². The van der Waals surface area contributed by atoms with Crippen molar-refractivity contribution in [2.45, 2.75) is 51.5 Å². The number of rotatable bonds is 5. The van der Waals surface area contributed by atoms with Crippen LogP contribution in [0, 0.1) is 17.0 Å². The second-order valence-electron chi connectivity index (χ2n) is 8.87. The quantitative estimate of drug-likeness (QED) is 0.619. The number of hydrogen-bond acceptors (Lipinski definition) is 4. The van der Waals surface area contributed by atoms with Crippen LogP contribution in [0.1, 0.15) is 66.4 Å². The third kappa shape index (κ3) is 4.15. The summed E-state index contributed by atoms with van der Waals surface area (Å²) in [6, 6.07) is 1.73. The lowest BCUT2D eigenvalue weighted by atomic mass is 9.67. The lowest BCUT2D eigenvalue weighted by Gasteiger charge is -2.47. The molecule has 8 nitrogen and oxygen atoms in total. The topological polar surface area (TPSA) is 112 Å². The molecule has 3 amide bonds. The highest BCUT2D eigenvalue weighted by Crippen LogP contribution is 2.47. The first kappa shape index (κ1) is 24.1. The molecule has 1 saturated heterocycles. The Hall–Kier alpha value is -3.01. The molecule has 34 heavy (non-hydrogen) atoms. The summed E-state index contributed by atoms with van der Waals surface area (Å²) in [5.41, 5.74) is 4.82. The number of halogens is 3. The monoisotopic (exact) mass is 493 g/mol. The predicted molar refractivity (Wildman–Crippen MR) is 121 cm³/mol. The number of benzene rings is 1. The summed E-state index contributed by atoms with van der Waals surface area (Å²) in [7, 11) is 0. The van der Waals surface area contributed by atoms with Crippen molar-refractivity contribution in [1.29, 1.82) is 0 Å². The first-order valence-corrected chi connectivity index (χ1v) is 11.7. The second-order valence-corrected chi connectivity index (χ2v) is 9.28. The lowest BCUT2D eigenvalue weighted by molar-refractivity contribution is -0.133. The predicted octanol–water partition coefficient (Wildman–Crippen LogP) is 3.66. The molecule has 2 heterocycles. The molecular weight excluding hydrogens is 468 g/mol. The van der Waals surface area contributed by atoms with E-state index in [4.69, 9.17) is 17.3 Å². The van der Waals surface area contributed by atoms with Crippen LogP contribution in [0.4, 0.5) is 14.5 Å². The van der Waals surface area contributed by atoms with Crippen molar-refractivity contribution in [2.24, 2.45) is 11.1 Å². The van der Waals surface area contributed by atoms with E-state index in [-0.39, 0.29) is 40.0 Å². The van der Waals surface area contributed by atoms with Crippen LogP contribution in [0.25, 0.3) is 0 Å². The molecule has 11 heteroatoms. The van der Waals surface area contributed by atoms with Crippen LogP contribution in [-0.4, -0.2) is 51.7 Å². The number of primary amides is 1. The van der Waals surface area contributed by atoms with Gasteiger partial charge in [-0.3, -0.25) is 14.4 Å². The van der Waals surface area contributed by atoms with E-state index in [1.807, 2.05) is 6.92 Å². The van der Waals surface area contributed by atoms with Crippen molar-refractivity contribution < 1.29 is 23.2 Å². The number of aromatic nitrogens is 2. The zero-order valence-electron chi connectivity index (χ0n) is 18.7. The molecular formula is C23H26ClF2N5O3. The average molecular weight is 494 g/mol. The van der Waals surface area contributed by atoms with Gasteiger partial charge in [0, 0.05) is 30.6 Å². The van der Waals surface area contributed by atoms with Crippen LogP contribution in [0.3, 0.4) is 0 Å². The van der Waals surface area contributed by atoms with E-state index in [1.54, 1.807) is 4.90 Å². The zero-order chi connectivity index (χ0) is 24.6. The van der Waals surface area contributed by atoms with Gasteiger partial charge in [-0.1, -0.05) is 11.6 Å². The van der Waals surface area contributed by atoms with E-state index in [2.05, 4.69) is 9.97 Å². The lowest BCUT2D eigenvalue weighted by Crippen LogP contribution is -2.53. The van der Waals surface area contributed by atoms with E-state index in [1.165, 1.54) is 11.2 Å². The normalized spacial score (nSPS) is 22.8. The van der Waals surface area contributed by atoms with Gasteiger partial charge in [0.1, 0.15) is 5.69 Å². The average Bonchev–Trinajstić information content (AvgIpc) is 3.31. The highest BCUT2D eigenvalue weighted by molar-refractivity contribution is 6.33. The summed E-state index contributed by atoms with van der Waals surface area (Å²) in [6.45, 7) is 2.64. The van der Waals surface area contributed by atoms with Gasteiger partial charge in [-0.15, -0.1) is 0 Å². The Balaban J connectivity index is 1.51. The van der Waals surface area contributed by atoms with Gasteiger partial charge in [0.15, 0.2) is 17.3 Å². The Morgan fingerprint density at radius 1 is 1.26 bits per heavy atom. The molecule has 0 atom stereocenters. The molecule has 1 spiro atoms. The Labute approximate surface area is 200 Å². The Morgan fingerprint density at radius 2 is 1.94 bits per heavy atom. The van der Waals surface area contributed by atoms with Gasteiger partial charge in [-0.2, -0.15) is 0 Å². The highest BCUT2D eigenvalue weighted by Gasteiger charge is 2.48. The van der Waals surface area contributed by atoms with Gasteiger partial charge >= 0.3 is 0 Å². The summed E-state index contributed by atoms with van der Waals surface area (Å²) in [6.07, 6.45) is 4.92. The molecule has 0 unspecified atom stereocenters. The number of aromatic amines is 1. The fraction of sp³-hybridized carbons (Fsp3) is 0.478. The van der Waals surface area contributed by atoms with Crippen LogP contribution in [-0.2, 0) is 4.79 Å². The number of carbonyl (C=O) groups excluding carboxylic acids is 3. The summed E-state index contributed by atoms with van der Waals surface area (Å²) in [4.78, 5) is 47.9. The number of nitrogens with zero attached hydrogens (tertiary/aromatic N) is 3. The first-order valence-electron chi connectivity index (χ1n) is 11.3. The Kier molecular flexibility index (Phi) is 6.62. The van der Waals surface area contributed by atoms with Crippen molar-refractivity contribution in [3.63, 3.8) is 0 Å². The highest BCUT2D eigenvalue weighted by atomic mass is 35.5. The minimum Gasteiger partial charge on any atom is -0.364 e. The maximum atomic E-state index is 13.9. The van der Waals surface area contributed by atoms with Crippen LogP contribution in [0.15, 0.2) is 18.5 Å². The first-order chi connectivity index (χ1) is 16.2. The standard InChI is InChI=1S/C23H26ClF2N5O3/c1-2-30(21(33)19-18(20(27)32)28-12-29-19)13-4-7-23(8-5-13)6-3-9-31(22(23)34)17-11-16(26)15(25)10-14(17)24/h10-13H,2-9H2,1H3,(H2,27,32)(H,28,29). The largest absolute Gasteiger partial charge is 0.364 e. The number of piperidine rings is 1. The summed E-state index contributed by atoms with van der Waals surface area (Å²) in [5, 5.41) is -0.00875. The smallest absolute Gasteiger partial charge is 0.273 e. The molecule has 2 aromatic rings. The van der Waals surface area contributed by atoms with E-state index < -0.39 is 23.0 Å². The molecule has 0 radical (unpaired) electrons. The third-order valence-corrected chi connectivity index (χ3v) is 7.36. The number of amides is 3. The second kappa shape index (κ2) is 9.32. The molecule has 0 bridgehead atoms. The third-order valence-electron chi connectivity index (χ3n) is 7.06. The molecule has 1 aromatic heterocycles. The number of imidazole rings is 1. The van der Waals surface area contributed by atoms with Gasteiger partial charge in [0.2, 0.25) is 5.91 Å². The van der Waals surface area contributed by atoms with Crippen molar-refractivity contribution in [3.8, 4) is 0 Å². The molecule has 1 saturated carbocycles. The van der Waals surface area contributed by atoms with Crippen LogP contribution < -0.4 is 10.6 Å². The van der Waals surface area contributed by atoms with E-state index in [9.17, 15) is 23.2 Å². The minimum atomic E-state index is -1.06. The van der Waals surface area contributed by atoms with Crippen LogP contribution in [0.2, 0.25) is 5.02 Å². The maximum absolute atomic E-state index is 13.9.